The van der Waals surface area contributed by atoms with Crippen molar-refractivity contribution in [1.82, 2.24) is 5.32 Å². The first-order chi connectivity index (χ1) is 9.15. The van der Waals surface area contributed by atoms with E-state index in [9.17, 15) is 9.18 Å². The molecule has 1 rings (SSSR count). The summed E-state index contributed by atoms with van der Waals surface area (Å²) in [6, 6.07) is 4.36. The highest BCUT2D eigenvalue weighted by Gasteiger charge is 2.06. The van der Waals surface area contributed by atoms with E-state index in [1.165, 1.54) is 24.7 Å². The van der Waals surface area contributed by atoms with Crippen molar-refractivity contribution >= 4 is 17.7 Å². The van der Waals surface area contributed by atoms with Crippen molar-refractivity contribution in [2.45, 2.75) is 25.8 Å². The van der Waals surface area contributed by atoms with Gasteiger partial charge in [0.15, 0.2) is 0 Å². The Bertz CT molecular complexity index is 412. The van der Waals surface area contributed by atoms with Gasteiger partial charge in [0.05, 0.1) is 0 Å². The third-order valence-corrected chi connectivity index (χ3v) is 3.55. The molecule has 19 heavy (non-hydrogen) atoms. The summed E-state index contributed by atoms with van der Waals surface area (Å²) in [6.07, 6.45) is 5.62. The molecular formula is C14H21FN2OS. The molecule has 0 saturated carbocycles. The van der Waals surface area contributed by atoms with Crippen LogP contribution in [0.15, 0.2) is 18.2 Å². The van der Waals surface area contributed by atoms with Crippen LogP contribution in [0.2, 0.25) is 0 Å². The third-order valence-electron chi connectivity index (χ3n) is 2.86. The predicted molar refractivity (Wildman–Crippen MR) is 78.9 cm³/mol. The number of rotatable bonds is 9. The average Bonchev–Trinajstić information content (AvgIpc) is 2.39. The number of carbonyl (C=O) groups is 1. The molecule has 0 atom stereocenters. The second-order valence-electron chi connectivity index (χ2n) is 4.40. The van der Waals surface area contributed by atoms with Gasteiger partial charge in [-0.05, 0) is 43.5 Å². The Morgan fingerprint density at radius 3 is 2.79 bits per heavy atom. The zero-order valence-electron chi connectivity index (χ0n) is 11.2. The molecule has 0 aromatic heterocycles. The normalized spacial score (nSPS) is 10.6. The van der Waals surface area contributed by atoms with Gasteiger partial charge in [0.1, 0.15) is 5.82 Å². The highest BCUT2D eigenvalue weighted by molar-refractivity contribution is 7.98. The largest absolute Gasteiger partial charge is 0.366 e. The summed E-state index contributed by atoms with van der Waals surface area (Å²) in [5.74, 6) is 0.210. The van der Waals surface area contributed by atoms with Crippen LogP contribution < -0.4 is 11.1 Å². The number of hydrogen-bond donors (Lipinski definition) is 2. The highest BCUT2D eigenvalue weighted by Crippen LogP contribution is 2.10. The van der Waals surface area contributed by atoms with Gasteiger partial charge < -0.3 is 11.1 Å². The van der Waals surface area contributed by atoms with Crippen molar-refractivity contribution in [2.24, 2.45) is 5.73 Å². The minimum Gasteiger partial charge on any atom is -0.366 e. The van der Waals surface area contributed by atoms with Crippen LogP contribution in [0.1, 0.15) is 35.2 Å². The maximum atomic E-state index is 13.6. The fourth-order valence-corrected chi connectivity index (χ4v) is 2.23. The van der Waals surface area contributed by atoms with Gasteiger partial charge in [-0.1, -0.05) is 12.5 Å². The molecule has 0 fully saturated rings. The second kappa shape index (κ2) is 8.93. The number of primary amides is 1. The van der Waals surface area contributed by atoms with Gasteiger partial charge >= 0.3 is 0 Å². The lowest BCUT2D eigenvalue weighted by molar-refractivity contribution is 0.1000. The summed E-state index contributed by atoms with van der Waals surface area (Å²) in [6.45, 7) is 1.36. The van der Waals surface area contributed by atoms with E-state index in [0.29, 0.717) is 12.1 Å². The van der Waals surface area contributed by atoms with E-state index in [0.717, 1.165) is 13.0 Å². The molecule has 3 nitrogen and oxygen atoms in total. The molecule has 3 N–H and O–H groups in total. The molecule has 1 aromatic rings. The number of thioether (sulfide) groups is 1. The number of unbranched alkanes of at least 4 members (excludes halogenated alkanes) is 2. The number of hydrogen-bond acceptors (Lipinski definition) is 3. The highest BCUT2D eigenvalue weighted by atomic mass is 32.2. The van der Waals surface area contributed by atoms with Crippen LogP contribution in [0.3, 0.4) is 0 Å². The molecule has 0 heterocycles. The van der Waals surface area contributed by atoms with Crippen molar-refractivity contribution in [3.63, 3.8) is 0 Å². The van der Waals surface area contributed by atoms with Crippen LogP contribution >= 0.6 is 11.8 Å². The Balaban J connectivity index is 2.28. The van der Waals surface area contributed by atoms with Crippen molar-refractivity contribution in [3.8, 4) is 0 Å². The predicted octanol–water partition coefficient (Wildman–Crippen LogP) is 2.55. The first-order valence-corrected chi connectivity index (χ1v) is 7.82. The molecule has 0 unspecified atom stereocenters. The van der Waals surface area contributed by atoms with Gasteiger partial charge in [-0.25, -0.2) is 4.39 Å². The van der Waals surface area contributed by atoms with E-state index in [1.54, 1.807) is 12.1 Å². The summed E-state index contributed by atoms with van der Waals surface area (Å²) in [7, 11) is 0. The zero-order chi connectivity index (χ0) is 14.1. The van der Waals surface area contributed by atoms with E-state index in [4.69, 9.17) is 5.73 Å². The molecule has 106 valence electrons. The standard InChI is InChI=1S/C14H21FN2OS/c1-19-8-4-2-3-7-17-10-12-6-5-11(14(16)18)9-13(12)15/h5-6,9,17H,2-4,7-8,10H2,1H3,(H2,16,18). The number of carbonyl (C=O) groups excluding carboxylic acids is 1. The van der Waals surface area contributed by atoms with Gasteiger partial charge in [-0.3, -0.25) is 4.79 Å². The summed E-state index contributed by atoms with van der Waals surface area (Å²) >= 11 is 1.86. The smallest absolute Gasteiger partial charge is 0.248 e. The maximum Gasteiger partial charge on any atom is 0.248 e. The van der Waals surface area contributed by atoms with Crippen LogP contribution in [0.5, 0.6) is 0 Å². The molecular weight excluding hydrogens is 263 g/mol. The van der Waals surface area contributed by atoms with E-state index in [2.05, 4.69) is 11.6 Å². The van der Waals surface area contributed by atoms with Gasteiger partial charge in [0, 0.05) is 17.7 Å². The van der Waals surface area contributed by atoms with E-state index in [1.807, 2.05) is 11.8 Å². The first kappa shape index (κ1) is 16.0. The Morgan fingerprint density at radius 1 is 1.37 bits per heavy atom. The van der Waals surface area contributed by atoms with Crippen LogP contribution in [-0.4, -0.2) is 24.5 Å². The van der Waals surface area contributed by atoms with Gasteiger partial charge in [-0.2, -0.15) is 11.8 Å². The fourth-order valence-electron chi connectivity index (χ4n) is 1.74. The van der Waals surface area contributed by atoms with Crippen LogP contribution in [0, 0.1) is 5.82 Å². The minimum absolute atomic E-state index is 0.207. The molecule has 0 aliphatic carbocycles. The molecule has 0 aliphatic rings. The summed E-state index contributed by atoms with van der Waals surface area (Å²) in [5, 5.41) is 3.21. The number of halogens is 1. The topological polar surface area (TPSA) is 55.1 Å². The van der Waals surface area contributed by atoms with Crippen molar-refractivity contribution < 1.29 is 9.18 Å². The molecule has 1 aromatic carbocycles. The number of nitrogens with one attached hydrogen (secondary N) is 1. The summed E-state index contributed by atoms with van der Waals surface area (Å²) < 4.78 is 13.6. The minimum atomic E-state index is -0.604. The Kier molecular flexibility index (Phi) is 7.52. The quantitative estimate of drug-likeness (QED) is 0.685. The van der Waals surface area contributed by atoms with E-state index >= 15 is 0 Å². The lowest BCUT2D eigenvalue weighted by Gasteiger charge is -2.07. The zero-order valence-corrected chi connectivity index (χ0v) is 12.1. The van der Waals surface area contributed by atoms with Crippen LogP contribution in [-0.2, 0) is 6.54 Å². The first-order valence-electron chi connectivity index (χ1n) is 6.43. The molecule has 0 aliphatic heterocycles. The molecule has 5 heteroatoms. The molecule has 0 saturated heterocycles. The molecule has 0 bridgehead atoms. The van der Waals surface area contributed by atoms with E-state index < -0.39 is 5.91 Å². The van der Waals surface area contributed by atoms with Crippen LogP contribution in [0.25, 0.3) is 0 Å². The van der Waals surface area contributed by atoms with Gasteiger partial charge in [0.2, 0.25) is 5.91 Å². The summed E-state index contributed by atoms with van der Waals surface area (Å²) in [5.41, 5.74) is 5.86. The van der Waals surface area contributed by atoms with Gasteiger partial charge in [-0.15, -0.1) is 0 Å². The Labute approximate surface area is 118 Å². The average molecular weight is 284 g/mol. The monoisotopic (exact) mass is 284 g/mol. The molecule has 1 amide bonds. The maximum absolute atomic E-state index is 13.6. The Morgan fingerprint density at radius 2 is 2.16 bits per heavy atom. The van der Waals surface area contributed by atoms with Gasteiger partial charge in [0.25, 0.3) is 0 Å². The van der Waals surface area contributed by atoms with Crippen molar-refractivity contribution in [1.29, 1.82) is 0 Å². The summed E-state index contributed by atoms with van der Waals surface area (Å²) in [4.78, 5) is 10.9. The third kappa shape index (κ3) is 6.07. The second-order valence-corrected chi connectivity index (χ2v) is 5.39. The van der Waals surface area contributed by atoms with E-state index in [-0.39, 0.29) is 11.4 Å². The lowest BCUT2D eigenvalue weighted by atomic mass is 10.1. The Hall–Kier alpha value is -1.07. The van der Waals surface area contributed by atoms with Crippen molar-refractivity contribution in [2.75, 3.05) is 18.6 Å². The van der Waals surface area contributed by atoms with Crippen LogP contribution in [0.4, 0.5) is 4.39 Å². The molecule has 0 spiro atoms. The number of nitrogens with two attached hydrogens (primary N) is 1. The number of amides is 1. The lowest BCUT2D eigenvalue weighted by Crippen LogP contribution is -2.17. The van der Waals surface area contributed by atoms with Crippen molar-refractivity contribution in [3.05, 3.63) is 35.1 Å². The fraction of sp³-hybridized carbons (Fsp3) is 0.500. The SMILES string of the molecule is CSCCCCCNCc1ccc(C(N)=O)cc1F. The number of benzene rings is 1. The molecule has 0 radical (unpaired) electrons.